The Bertz CT molecular complexity index is 948. The second-order valence-corrected chi connectivity index (χ2v) is 6.16. The highest BCUT2D eigenvalue weighted by molar-refractivity contribution is 7.98. The lowest BCUT2D eigenvalue weighted by molar-refractivity contribution is 0.489. The lowest BCUT2D eigenvalue weighted by Gasteiger charge is -2.01. The highest BCUT2D eigenvalue weighted by Gasteiger charge is 2.09. The van der Waals surface area contributed by atoms with E-state index in [4.69, 9.17) is 4.42 Å². The summed E-state index contributed by atoms with van der Waals surface area (Å²) < 4.78 is 20.9. The minimum atomic E-state index is -0.240. The molecule has 7 heteroatoms. The Labute approximate surface area is 141 Å². The van der Waals surface area contributed by atoms with Gasteiger partial charge in [-0.05, 0) is 18.2 Å². The first-order valence-electron chi connectivity index (χ1n) is 7.39. The van der Waals surface area contributed by atoms with E-state index < -0.39 is 0 Å². The predicted octanol–water partition coefficient (Wildman–Crippen LogP) is 3.90. The van der Waals surface area contributed by atoms with Crippen LogP contribution in [0.25, 0.3) is 11.1 Å². The van der Waals surface area contributed by atoms with Gasteiger partial charge in [0.2, 0.25) is 0 Å². The van der Waals surface area contributed by atoms with Crippen LogP contribution in [0.5, 0.6) is 0 Å². The zero-order chi connectivity index (χ0) is 16.4. The third-order valence-electron chi connectivity index (χ3n) is 3.49. The zero-order valence-corrected chi connectivity index (χ0v) is 13.4. The van der Waals surface area contributed by atoms with E-state index in [-0.39, 0.29) is 5.82 Å². The molecule has 2 heterocycles. The van der Waals surface area contributed by atoms with Gasteiger partial charge in [-0.3, -0.25) is 0 Å². The van der Waals surface area contributed by atoms with Crippen LogP contribution in [0.15, 0.2) is 64.4 Å². The van der Waals surface area contributed by atoms with Crippen LogP contribution in [0, 0.1) is 5.82 Å². The molecular weight excluding hydrogens is 327 g/mol. The first-order chi connectivity index (χ1) is 11.8. The van der Waals surface area contributed by atoms with E-state index in [1.54, 1.807) is 22.9 Å². The van der Waals surface area contributed by atoms with Crippen molar-refractivity contribution in [2.75, 3.05) is 0 Å². The average Bonchev–Trinajstić information content (AvgIpc) is 3.21. The fraction of sp³-hybridized carbons (Fsp3) is 0.118. The van der Waals surface area contributed by atoms with Crippen LogP contribution >= 0.6 is 11.8 Å². The van der Waals surface area contributed by atoms with Gasteiger partial charge in [0.05, 0.1) is 12.2 Å². The van der Waals surface area contributed by atoms with Gasteiger partial charge in [-0.1, -0.05) is 47.3 Å². The van der Waals surface area contributed by atoms with Gasteiger partial charge >= 0.3 is 0 Å². The third-order valence-corrected chi connectivity index (χ3v) is 4.36. The van der Waals surface area contributed by atoms with Crippen molar-refractivity contribution in [1.29, 1.82) is 0 Å². The summed E-state index contributed by atoms with van der Waals surface area (Å²) in [7, 11) is 0. The van der Waals surface area contributed by atoms with Crippen LogP contribution in [-0.4, -0.2) is 20.0 Å². The minimum Gasteiger partial charge on any atom is -0.431 e. The van der Waals surface area contributed by atoms with Gasteiger partial charge < -0.3 is 4.42 Å². The largest absolute Gasteiger partial charge is 0.431 e. The molecule has 0 saturated carbocycles. The Morgan fingerprint density at radius 1 is 1.08 bits per heavy atom. The van der Waals surface area contributed by atoms with E-state index in [9.17, 15) is 4.39 Å². The Hall–Kier alpha value is -2.67. The normalized spacial score (nSPS) is 11.2. The van der Waals surface area contributed by atoms with Gasteiger partial charge in [0, 0.05) is 17.5 Å². The Kier molecular flexibility index (Phi) is 4.00. The number of para-hydroxylation sites is 2. The number of hydrogen-bond acceptors (Lipinski definition) is 5. The van der Waals surface area contributed by atoms with Gasteiger partial charge in [0.1, 0.15) is 11.3 Å². The van der Waals surface area contributed by atoms with Gasteiger partial charge in [-0.15, -0.1) is 5.10 Å². The number of thioether (sulfide) groups is 1. The van der Waals surface area contributed by atoms with Crippen LogP contribution < -0.4 is 0 Å². The molecule has 2 aromatic carbocycles. The van der Waals surface area contributed by atoms with Crippen LogP contribution in [0.1, 0.15) is 11.3 Å². The smallest absolute Gasteiger partial charge is 0.257 e. The van der Waals surface area contributed by atoms with Crippen LogP contribution in [-0.2, 0) is 12.3 Å². The molecule has 5 nitrogen and oxygen atoms in total. The van der Waals surface area contributed by atoms with Crippen molar-refractivity contribution in [1.82, 2.24) is 20.0 Å². The highest BCUT2D eigenvalue weighted by atomic mass is 32.2. The standard InChI is InChI=1S/C17H13FN4OS/c18-14-6-2-1-5-12(14)9-22-10-13(20-21-22)11-24-17-19-15-7-3-4-8-16(15)23-17/h1-8,10H,9,11H2. The Morgan fingerprint density at radius 2 is 1.92 bits per heavy atom. The summed E-state index contributed by atoms with van der Waals surface area (Å²) in [6.45, 7) is 0.354. The zero-order valence-electron chi connectivity index (χ0n) is 12.6. The Morgan fingerprint density at radius 3 is 2.79 bits per heavy atom. The topological polar surface area (TPSA) is 56.7 Å². The van der Waals surface area contributed by atoms with Crippen molar-refractivity contribution >= 4 is 22.9 Å². The van der Waals surface area contributed by atoms with Crippen LogP contribution in [0.3, 0.4) is 0 Å². The van der Waals surface area contributed by atoms with Crippen molar-refractivity contribution in [3.05, 3.63) is 71.8 Å². The fourth-order valence-corrected chi connectivity index (χ4v) is 3.05. The summed E-state index contributed by atoms with van der Waals surface area (Å²) in [4.78, 5) is 4.41. The quantitative estimate of drug-likeness (QED) is 0.516. The molecule has 2 aromatic heterocycles. The molecule has 120 valence electrons. The summed E-state index contributed by atoms with van der Waals surface area (Å²) in [5.74, 6) is 0.347. The average molecular weight is 340 g/mol. The van der Waals surface area contributed by atoms with E-state index in [0.717, 1.165) is 16.8 Å². The molecule has 0 amide bonds. The predicted molar refractivity (Wildman–Crippen MR) is 89.1 cm³/mol. The number of aromatic nitrogens is 4. The molecule has 0 aliphatic heterocycles. The molecule has 4 rings (SSSR count). The van der Waals surface area contributed by atoms with Crippen LogP contribution in [0.2, 0.25) is 0 Å². The Balaban J connectivity index is 1.42. The second-order valence-electron chi connectivity index (χ2n) is 5.24. The van der Waals surface area contributed by atoms with Gasteiger partial charge in [-0.25, -0.2) is 14.1 Å². The van der Waals surface area contributed by atoms with Crippen molar-refractivity contribution in [2.24, 2.45) is 0 Å². The van der Waals surface area contributed by atoms with Gasteiger partial charge in [-0.2, -0.15) is 0 Å². The maximum Gasteiger partial charge on any atom is 0.257 e. The molecule has 0 spiro atoms. The summed E-state index contributed by atoms with van der Waals surface area (Å²) in [5.41, 5.74) is 2.98. The molecule has 24 heavy (non-hydrogen) atoms. The van der Waals surface area contributed by atoms with E-state index in [0.29, 0.717) is 23.1 Å². The number of rotatable bonds is 5. The molecule has 0 saturated heterocycles. The molecule has 4 aromatic rings. The van der Waals surface area contributed by atoms with E-state index >= 15 is 0 Å². The lowest BCUT2D eigenvalue weighted by Crippen LogP contribution is -2.02. The fourth-order valence-electron chi connectivity index (χ4n) is 2.33. The van der Waals surface area contributed by atoms with Crippen LogP contribution in [0.4, 0.5) is 4.39 Å². The van der Waals surface area contributed by atoms with Crippen molar-refractivity contribution in [3.63, 3.8) is 0 Å². The van der Waals surface area contributed by atoms with E-state index in [1.807, 2.05) is 30.5 Å². The first kappa shape index (κ1) is 14.9. The van der Waals surface area contributed by atoms with E-state index in [1.165, 1.54) is 17.8 Å². The molecule has 0 atom stereocenters. The van der Waals surface area contributed by atoms with Gasteiger partial charge in [0.15, 0.2) is 5.58 Å². The summed E-state index contributed by atoms with van der Waals surface area (Å²) in [5, 5.41) is 8.75. The maximum atomic E-state index is 13.7. The highest BCUT2D eigenvalue weighted by Crippen LogP contribution is 2.25. The molecule has 0 N–H and O–H groups in total. The summed E-state index contributed by atoms with van der Waals surface area (Å²) in [6, 6.07) is 14.3. The molecular formula is C17H13FN4OS. The first-order valence-corrected chi connectivity index (χ1v) is 8.37. The summed E-state index contributed by atoms with van der Waals surface area (Å²) in [6.07, 6.45) is 1.81. The van der Waals surface area contributed by atoms with Crippen molar-refractivity contribution in [2.45, 2.75) is 17.5 Å². The second kappa shape index (κ2) is 6.45. The molecule has 0 bridgehead atoms. The molecule has 0 fully saturated rings. The number of nitrogens with zero attached hydrogens (tertiary/aromatic N) is 4. The third kappa shape index (κ3) is 3.16. The monoisotopic (exact) mass is 340 g/mol. The van der Waals surface area contributed by atoms with Crippen molar-refractivity contribution in [3.8, 4) is 0 Å². The molecule has 0 aliphatic rings. The SMILES string of the molecule is Fc1ccccc1Cn1cc(CSc2nc3ccccc3o2)nn1. The number of fused-ring (bicyclic) bond motifs is 1. The van der Waals surface area contributed by atoms with E-state index in [2.05, 4.69) is 15.3 Å². The molecule has 0 radical (unpaired) electrons. The lowest BCUT2D eigenvalue weighted by atomic mass is 10.2. The number of oxazole rings is 1. The van der Waals surface area contributed by atoms with Crippen molar-refractivity contribution < 1.29 is 8.81 Å². The molecule has 0 unspecified atom stereocenters. The number of benzene rings is 2. The van der Waals surface area contributed by atoms with Gasteiger partial charge in [0.25, 0.3) is 5.22 Å². The molecule has 0 aliphatic carbocycles. The minimum absolute atomic E-state index is 0.240. The maximum absolute atomic E-state index is 13.7. The number of halogens is 1. The number of hydrogen-bond donors (Lipinski definition) is 0. The summed E-state index contributed by atoms with van der Waals surface area (Å²) >= 11 is 1.45.